The molecule has 3 atom stereocenters. The Hall–Kier alpha value is -1.99. The summed E-state index contributed by atoms with van der Waals surface area (Å²) in [4.78, 5) is 11.1. The molecule has 2 aromatic heterocycles. The van der Waals surface area contributed by atoms with Crippen LogP contribution < -0.4 is 4.74 Å². The SMILES string of the molecule is COc1ncccc1CN1C[C@@H]2C[C@@H](c3n[nH]c(C)n3)O[C@@H]2C1. The topological polar surface area (TPSA) is 76.2 Å². The van der Waals surface area contributed by atoms with Gasteiger partial charge in [0.2, 0.25) is 5.88 Å². The average molecular weight is 315 g/mol. The number of rotatable bonds is 4. The Morgan fingerprint density at radius 2 is 2.35 bits per heavy atom. The molecule has 2 aromatic rings. The van der Waals surface area contributed by atoms with Gasteiger partial charge in [-0.2, -0.15) is 5.10 Å². The summed E-state index contributed by atoms with van der Waals surface area (Å²) in [5, 5.41) is 7.13. The van der Waals surface area contributed by atoms with Crippen molar-refractivity contribution in [3.63, 3.8) is 0 Å². The molecule has 0 bridgehead atoms. The molecule has 2 aliphatic heterocycles. The maximum Gasteiger partial charge on any atom is 0.217 e. The van der Waals surface area contributed by atoms with E-state index in [-0.39, 0.29) is 12.2 Å². The quantitative estimate of drug-likeness (QED) is 0.921. The Morgan fingerprint density at radius 3 is 3.09 bits per heavy atom. The highest BCUT2D eigenvalue weighted by molar-refractivity contribution is 5.25. The molecule has 4 heterocycles. The summed E-state index contributed by atoms with van der Waals surface area (Å²) in [5.41, 5.74) is 1.12. The molecule has 0 aromatic carbocycles. The van der Waals surface area contributed by atoms with Crippen LogP contribution in [0.3, 0.4) is 0 Å². The van der Waals surface area contributed by atoms with Crippen LogP contribution in [0.1, 0.15) is 29.7 Å². The zero-order valence-corrected chi connectivity index (χ0v) is 13.4. The van der Waals surface area contributed by atoms with E-state index in [1.54, 1.807) is 13.3 Å². The molecule has 4 rings (SSSR count). The first-order valence-corrected chi connectivity index (χ1v) is 7.97. The van der Waals surface area contributed by atoms with Gasteiger partial charge in [-0.15, -0.1) is 0 Å². The van der Waals surface area contributed by atoms with Gasteiger partial charge in [-0.05, 0) is 19.4 Å². The van der Waals surface area contributed by atoms with E-state index < -0.39 is 0 Å². The predicted octanol–water partition coefficient (Wildman–Crippen LogP) is 1.48. The molecule has 0 unspecified atom stereocenters. The number of fused-ring (bicyclic) bond motifs is 1. The van der Waals surface area contributed by atoms with E-state index in [0.717, 1.165) is 43.3 Å². The third-order valence-electron chi connectivity index (χ3n) is 4.65. The van der Waals surface area contributed by atoms with Crippen LogP contribution in [0.15, 0.2) is 18.3 Å². The summed E-state index contributed by atoms with van der Waals surface area (Å²) in [7, 11) is 1.66. The first-order chi connectivity index (χ1) is 11.2. The lowest BCUT2D eigenvalue weighted by molar-refractivity contribution is 0.0326. The van der Waals surface area contributed by atoms with Crippen molar-refractivity contribution < 1.29 is 9.47 Å². The van der Waals surface area contributed by atoms with Gasteiger partial charge in [0.1, 0.15) is 11.9 Å². The second-order valence-corrected chi connectivity index (χ2v) is 6.30. The molecular formula is C16H21N5O2. The van der Waals surface area contributed by atoms with Crippen molar-refractivity contribution in [2.45, 2.75) is 32.1 Å². The van der Waals surface area contributed by atoms with Crippen LogP contribution >= 0.6 is 0 Å². The number of hydrogen-bond acceptors (Lipinski definition) is 6. The molecule has 2 fully saturated rings. The van der Waals surface area contributed by atoms with E-state index in [1.165, 1.54) is 0 Å². The molecule has 0 amide bonds. The Morgan fingerprint density at radius 1 is 1.43 bits per heavy atom. The number of aromatic amines is 1. The summed E-state index contributed by atoms with van der Waals surface area (Å²) in [6.45, 7) is 4.72. The van der Waals surface area contributed by atoms with Crippen LogP contribution in [-0.2, 0) is 11.3 Å². The number of aryl methyl sites for hydroxylation is 1. The van der Waals surface area contributed by atoms with Gasteiger partial charge in [0.25, 0.3) is 0 Å². The minimum Gasteiger partial charge on any atom is -0.481 e. The van der Waals surface area contributed by atoms with Crippen molar-refractivity contribution >= 4 is 0 Å². The smallest absolute Gasteiger partial charge is 0.217 e. The Labute approximate surface area is 135 Å². The van der Waals surface area contributed by atoms with Crippen molar-refractivity contribution in [1.82, 2.24) is 25.1 Å². The molecule has 0 aliphatic carbocycles. The minimum absolute atomic E-state index is 0.0324. The molecule has 0 spiro atoms. The zero-order valence-electron chi connectivity index (χ0n) is 13.4. The Bertz CT molecular complexity index is 675. The summed E-state index contributed by atoms with van der Waals surface area (Å²) >= 11 is 0. The predicted molar refractivity (Wildman–Crippen MR) is 82.9 cm³/mol. The highest BCUT2D eigenvalue weighted by Gasteiger charge is 2.43. The summed E-state index contributed by atoms with van der Waals surface area (Å²) in [6.07, 6.45) is 3.04. The van der Waals surface area contributed by atoms with E-state index in [1.807, 2.05) is 13.0 Å². The Kier molecular flexibility index (Phi) is 3.74. The lowest BCUT2D eigenvalue weighted by atomic mass is 10.0. The number of nitrogens with one attached hydrogen (secondary N) is 1. The van der Waals surface area contributed by atoms with Crippen LogP contribution in [0.5, 0.6) is 5.88 Å². The monoisotopic (exact) mass is 315 g/mol. The lowest BCUT2D eigenvalue weighted by Gasteiger charge is -2.19. The van der Waals surface area contributed by atoms with Crippen molar-refractivity contribution in [2.24, 2.45) is 5.92 Å². The maximum atomic E-state index is 6.18. The molecule has 23 heavy (non-hydrogen) atoms. The number of methoxy groups -OCH3 is 1. The van der Waals surface area contributed by atoms with E-state index in [4.69, 9.17) is 9.47 Å². The van der Waals surface area contributed by atoms with E-state index in [0.29, 0.717) is 11.8 Å². The third kappa shape index (κ3) is 2.82. The van der Waals surface area contributed by atoms with Gasteiger partial charge >= 0.3 is 0 Å². The van der Waals surface area contributed by atoms with Gasteiger partial charge in [0, 0.05) is 37.3 Å². The molecule has 7 nitrogen and oxygen atoms in total. The van der Waals surface area contributed by atoms with Crippen molar-refractivity contribution in [2.75, 3.05) is 20.2 Å². The number of hydrogen-bond donors (Lipinski definition) is 1. The molecule has 2 aliphatic rings. The van der Waals surface area contributed by atoms with Crippen LogP contribution in [0, 0.1) is 12.8 Å². The third-order valence-corrected chi connectivity index (χ3v) is 4.65. The van der Waals surface area contributed by atoms with Crippen LogP contribution in [0.2, 0.25) is 0 Å². The molecule has 0 radical (unpaired) electrons. The fourth-order valence-corrected chi connectivity index (χ4v) is 3.62. The van der Waals surface area contributed by atoms with Gasteiger partial charge in [-0.25, -0.2) is 9.97 Å². The van der Waals surface area contributed by atoms with Gasteiger partial charge in [0.15, 0.2) is 5.82 Å². The largest absolute Gasteiger partial charge is 0.481 e. The number of nitrogens with zero attached hydrogens (tertiary/aromatic N) is 4. The van der Waals surface area contributed by atoms with Crippen molar-refractivity contribution in [1.29, 1.82) is 0 Å². The Balaban J connectivity index is 1.39. The fourth-order valence-electron chi connectivity index (χ4n) is 3.62. The fraction of sp³-hybridized carbons (Fsp3) is 0.562. The first kappa shape index (κ1) is 14.6. The molecule has 7 heteroatoms. The number of likely N-dealkylation sites (tertiary alicyclic amines) is 1. The number of aromatic nitrogens is 4. The van der Waals surface area contributed by atoms with Crippen LogP contribution in [0.4, 0.5) is 0 Å². The molecular weight excluding hydrogens is 294 g/mol. The van der Waals surface area contributed by atoms with Crippen molar-refractivity contribution in [3.8, 4) is 5.88 Å². The maximum absolute atomic E-state index is 6.18. The highest BCUT2D eigenvalue weighted by atomic mass is 16.5. The van der Waals surface area contributed by atoms with Gasteiger partial charge in [-0.3, -0.25) is 10.00 Å². The van der Waals surface area contributed by atoms with Gasteiger partial charge < -0.3 is 9.47 Å². The summed E-state index contributed by atoms with van der Waals surface area (Å²) < 4.78 is 11.5. The number of pyridine rings is 1. The normalized spacial score (nSPS) is 27.3. The van der Waals surface area contributed by atoms with E-state index >= 15 is 0 Å². The van der Waals surface area contributed by atoms with Gasteiger partial charge in [0.05, 0.1) is 13.2 Å². The molecule has 0 saturated carbocycles. The summed E-state index contributed by atoms with van der Waals surface area (Å²) in [5.74, 6) is 2.88. The highest BCUT2D eigenvalue weighted by Crippen LogP contribution is 2.40. The van der Waals surface area contributed by atoms with Crippen LogP contribution in [0.25, 0.3) is 0 Å². The van der Waals surface area contributed by atoms with E-state index in [9.17, 15) is 0 Å². The number of H-pyrrole nitrogens is 1. The average Bonchev–Trinajstić information content (AvgIpc) is 3.22. The molecule has 1 N–H and O–H groups in total. The second kappa shape index (κ2) is 5.90. The first-order valence-electron chi connectivity index (χ1n) is 7.97. The molecule has 122 valence electrons. The van der Waals surface area contributed by atoms with Crippen molar-refractivity contribution in [3.05, 3.63) is 35.5 Å². The second-order valence-electron chi connectivity index (χ2n) is 6.30. The molecule has 2 saturated heterocycles. The lowest BCUT2D eigenvalue weighted by Crippen LogP contribution is -2.24. The van der Waals surface area contributed by atoms with Crippen LogP contribution in [-0.4, -0.2) is 51.4 Å². The minimum atomic E-state index is 0.0324. The van der Waals surface area contributed by atoms with E-state index in [2.05, 4.69) is 31.1 Å². The standard InChI is InChI=1S/C16H21N5O2/c1-10-18-15(20-19-10)13-6-12-8-21(9-14(12)23-13)7-11-4-3-5-17-16(11)22-2/h3-5,12-14H,6-9H2,1-2H3,(H,18,19,20)/t12-,13-,14+/m0/s1. The number of ether oxygens (including phenoxy) is 2. The van der Waals surface area contributed by atoms with Gasteiger partial charge in [-0.1, -0.05) is 6.07 Å². The summed E-state index contributed by atoms with van der Waals surface area (Å²) in [6, 6.07) is 4.02. The zero-order chi connectivity index (χ0) is 15.8.